The Hall–Kier alpha value is -2.85. The lowest BCUT2D eigenvalue weighted by molar-refractivity contribution is -0.137. The summed E-state index contributed by atoms with van der Waals surface area (Å²) in [5.41, 5.74) is 2.64. The number of benzene rings is 2. The summed E-state index contributed by atoms with van der Waals surface area (Å²) in [5, 5.41) is 13.9. The minimum atomic E-state index is -4.45. The van der Waals surface area contributed by atoms with Crippen molar-refractivity contribution in [1.29, 1.82) is 0 Å². The molecule has 1 aliphatic heterocycles. The number of fused-ring (bicyclic) bond motifs is 3. The average Bonchev–Trinajstić information content (AvgIpc) is 3.33. The number of halogens is 4. The zero-order valence-electron chi connectivity index (χ0n) is 15.9. The van der Waals surface area contributed by atoms with E-state index in [1.54, 1.807) is 13.1 Å². The van der Waals surface area contributed by atoms with Gasteiger partial charge in [-0.15, -0.1) is 11.3 Å². The summed E-state index contributed by atoms with van der Waals surface area (Å²) in [6, 6.07) is 9.85. The van der Waals surface area contributed by atoms with Crippen LogP contribution in [0.5, 0.6) is 0 Å². The molecule has 5 nitrogen and oxygen atoms in total. The molecule has 4 aromatic rings. The summed E-state index contributed by atoms with van der Waals surface area (Å²) >= 11 is 4.46. The Balaban J connectivity index is 1.59. The molecule has 0 saturated heterocycles. The fraction of sp³-hybridized carbons (Fsp3) is 0.143. The van der Waals surface area contributed by atoms with Crippen LogP contribution in [0.4, 0.5) is 18.9 Å². The van der Waals surface area contributed by atoms with Crippen molar-refractivity contribution >= 4 is 48.9 Å². The number of aryl methyl sites for hydroxylation is 1. The van der Waals surface area contributed by atoms with Crippen LogP contribution in [-0.4, -0.2) is 16.1 Å². The van der Waals surface area contributed by atoms with Crippen LogP contribution in [0.3, 0.4) is 0 Å². The fourth-order valence-electron chi connectivity index (χ4n) is 3.79. The molecule has 3 heterocycles. The standard InChI is InChI=1S/C21H14BrF3N4OS/c1-9-6-11(21(23,24)25)7-14-15(9)17-18(31-14)20(30)28-19(27-17)13-8-26-29-16(13)10-2-4-12(22)5-3-10/h2-8,19,27H,1H3,(H,26,29)(H,28,30). The van der Waals surface area contributed by atoms with Gasteiger partial charge in [0.1, 0.15) is 11.0 Å². The summed E-state index contributed by atoms with van der Waals surface area (Å²) in [7, 11) is 0. The largest absolute Gasteiger partial charge is 0.416 e. The first-order valence-electron chi connectivity index (χ1n) is 9.23. The van der Waals surface area contributed by atoms with Gasteiger partial charge in [-0.3, -0.25) is 9.89 Å². The van der Waals surface area contributed by atoms with Crippen molar-refractivity contribution in [1.82, 2.24) is 15.5 Å². The summed E-state index contributed by atoms with van der Waals surface area (Å²) < 4.78 is 41.0. The predicted octanol–water partition coefficient (Wildman–Crippen LogP) is 6.24. The molecule has 0 spiro atoms. The molecule has 3 N–H and O–H groups in total. The Kier molecular flexibility index (Phi) is 4.60. The number of aromatic amines is 1. The number of anilines is 1. The van der Waals surface area contributed by atoms with Crippen molar-refractivity contribution < 1.29 is 18.0 Å². The van der Waals surface area contributed by atoms with E-state index < -0.39 is 17.9 Å². The maximum atomic E-state index is 13.2. The van der Waals surface area contributed by atoms with E-state index in [2.05, 4.69) is 36.8 Å². The van der Waals surface area contributed by atoms with Gasteiger partial charge >= 0.3 is 6.18 Å². The zero-order valence-corrected chi connectivity index (χ0v) is 18.3. The second kappa shape index (κ2) is 7.10. The monoisotopic (exact) mass is 506 g/mol. The van der Waals surface area contributed by atoms with Gasteiger partial charge < -0.3 is 10.6 Å². The van der Waals surface area contributed by atoms with E-state index in [1.807, 2.05) is 24.3 Å². The maximum absolute atomic E-state index is 13.2. The van der Waals surface area contributed by atoms with Gasteiger partial charge in [0.15, 0.2) is 0 Å². The molecule has 5 rings (SSSR count). The van der Waals surface area contributed by atoms with Crippen LogP contribution in [0.2, 0.25) is 0 Å². The number of carbonyl (C=O) groups is 1. The molecular weight excluding hydrogens is 493 g/mol. The smallest absolute Gasteiger partial charge is 0.360 e. The van der Waals surface area contributed by atoms with Crippen molar-refractivity contribution in [3.05, 3.63) is 68.6 Å². The van der Waals surface area contributed by atoms with Crippen molar-refractivity contribution in [2.24, 2.45) is 0 Å². The summed E-state index contributed by atoms with van der Waals surface area (Å²) in [6.07, 6.45) is -3.40. The second-order valence-corrected chi connectivity index (χ2v) is 9.20. The first-order valence-corrected chi connectivity index (χ1v) is 10.8. The molecule has 1 unspecified atom stereocenters. The predicted molar refractivity (Wildman–Crippen MR) is 117 cm³/mol. The normalized spacial score (nSPS) is 16.2. The van der Waals surface area contributed by atoms with E-state index >= 15 is 0 Å². The van der Waals surface area contributed by atoms with Gasteiger partial charge in [-0.05, 0) is 36.8 Å². The van der Waals surface area contributed by atoms with E-state index in [4.69, 9.17) is 0 Å². The van der Waals surface area contributed by atoms with Crippen molar-refractivity contribution in [3.63, 3.8) is 0 Å². The quantitative estimate of drug-likeness (QED) is 0.301. The molecule has 2 aromatic carbocycles. The third-order valence-corrected chi connectivity index (χ3v) is 6.86. The van der Waals surface area contributed by atoms with Crippen LogP contribution >= 0.6 is 27.3 Å². The Morgan fingerprint density at radius 3 is 2.58 bits per heavy atom. The average molecular weight is 507 g/mol. The van der Waals surface area contributed by atoms with E-state index in [-0.39, 0.29) is 5.91 Å². The number of aromatic nitrogens is 2. The molecule has 0 radical (unpaired) electrons. The van der Waals surface area contributed by atoms with Crippen molar-refractivity contribution in [2.75, 3.05) is 5.32 Å². The molecule has 31 heavy (non-hydrogen) atoms. The number of thiophene rings is 1. The van der Waals surface area contributed by atoms with Crippen LogP contribution in [0, 0.1) is 6.92 Å². The molecule has 1 amide bonds. The molecule has 10 heteroatoms. The van der Waals surface area contributed by atoms with Gasteiger partial charge in [0.05, 0.1) is 23.1 Å². The highest BCUT2D eigenvalue weighted by Crippen LogP contribution is 2.44. The summed E-state index contributed by atoms with van der Waals surface area (Å²) in [6.45, 7) is 1.62. The van der Waals surface area contributed by atoms with E-state index in [0.29, 0.717) is 26.2 Å². The van der Waals surface area contributed by atoms with Gasteiger partial charge in [0.25, 0.3) is 5.91 Å². The molecule has 1 aliphatic rings. The number of amides is 1. The number of rotatable bonds is 2. The van der Waals surface area contributed by atoms with E-state index in [9.17, 15) is 18.0 Å². The lowest BCUT2D eigenvalue weighted by Crippen LogP contribution is -2.37. The molecular formula is C21H14BrF3N4OS. The number of alkyl halides is 3. The van der Waals surface area contributed by atoms with Crippen molar-refractivity contribution in [3.8, 4) is 11.3 Å². The van der Waals surface area contributed by atoms with Crippen LogP contribution < -0.4 is 10.6 Å². The zero-order chi connectivity index (χ0) is 21.9. The Bertz CT molecular complexity index is 1330. The maximum Gasteiger partial charge on any atom is 0.416 e. The lowest BCUT2D eigenvalue weighted by Gasteiger charge is -2.26. The van der Waals surface area contributed by atoms with E-state index in [0.717, 1.165) is 44.8 Å². The molecule has 158 valence electrons. The van der Waals surface area contributed by atoms with Crippen LogP contribution in [0.25, 0.3) is 21.3 Å². The molecule has 0 bridgehead atoms. The molecule has 0 aliphatic carbocycles. The number of nitrogens with one attached hydrogen (secondary N) is 3. The highest BCUT2D eigenvalue weighted by Gasteiger charge is 2.34. The third kappa shape index (κ3) is 3.39. The number of nitrogens with zero attached hydrogens (tertiary/aromatic N) is 1. The van der Waals surface area contributed by atoms with Crippen LogP contribution in [0.15, 0.2) is 47.1 Å². The highest BCUT2D eigenvalue weighted by molar-refractivity contribution is 9.10. The SMILES string of the molecule is Cc1cc(C(F)(F)F)cc2sc3c(c12)NC(c1cn[nH]c1-c1ccc(Br)cc1)NC3=O. The topological polar surface area (TPSA) is 69.8 Å². The summed E-state index contributed by atoms with van der Waals surface area (Å²) in [5.74, 6) is -0.337. The Morgan fingerprint density at radius 1 is 1.13 bits per heavy atom. The van der Waals surface area contributed by atoms with Crippen LogP contribution in [0.1, 0.15) is 32.5 Å². The van der Waals surface area contributed by atoms with Gasteiger partial charge in [0.2, 0.25) is 0 Å². The fourth-order valence-corrected chi connectivity index (χ4v) is 5.24. The second-order valence-electron chi connectivity index (χ2n) is 7.23. The Labute approximate surface area is 186 Å². The van der Waals surface area contributed by atoms with Gasteiger partial charge in [-0.25, -0.2) is 0 Å². The van der Waals surface area contributed by atoms with Crippen LogP contribution in [-0.2, 0) is 6.18 Å². The minimum absolute atomic E-state index is 0.337. The molecule has 0 saturated carbocycles. The number of carbonyl (C=O) groups excluding carboxylic acids is 1. The molecule has 2 aromatic heterocycles. The first kappa shape index (κ1) is 20.1. The van der Waals surface area contributed by atoms with Gasteiger partial charge in [-0.1, -0.05) is 28.1 Å². The number of H-pyrrole nitrogens is 1. The number of hydrogen-bond acceptors (Lipinski definition) is 4. The van der Waals surface area contributed by atoms with Gasteiger partial charge in [0, 0.05) is 25.7 Å². The lowest BCUT2D eigenvalue weighted by atomic mass is 10.0. The number of hydrogen-bond donors (Lipinski definition) is 3. The minimum Gasteiger partial charge on any atom is -0.360 e. The molecule has 0 fully saturated rings. The summed E-state index contributed by atoms with van der Waals surface area (Å²) in [4.78, 5) is 13.2. The van der Waals surface area contributed by atoms with Gasteiger partial charge in [-0.2, -0.15) is 18.3 Å². The molecule has 1 atom stereocenters. The first-order chi connectivity index (χ1) is 14.7. The third-order valence-electron chi connectivity index (χ3n) is 5.20. The van der Waals surface area contributed by atoms with E-state index in [1.165, 1.54) is 0 Å². The highest BCUT2D eigenvalue weighted by atomic mass is 79.9. The van der Waals surface area contributed by atoms with Crippen molar-refractivity contribution in [2.45, 2.75) is 19.3 Å². The Morgan fingerprint density at radius 2 is 1.87 bits per heavy atom.